The average molecular weight is 360 g/mol. The highest BCUT2D eigenvalue weighted by Gasteiger charge is 2.29. The number of aromatic nitrogens is 2. The van der Waals surface area contributed by atoms with Gasteiger partial charge in [0.05, 0.1) is 17.5 Å². The zero-order chi connectivity index (χ0) is 18.6. The van der Waals surface area contributed by atoms with Gasteiger partial charge in [-0.1, -0.05) is 42.5 Å². The Kier molecular flexibility index (Phi) is 4.70. The Bertz CT molecular complexity index is 944. The molecule has 27 heavy (non-hydrogen) atoms. The van der Waals surface area contributed by atoms with Gasteiger partial charge in [0, 0.05) is 23.7 Å². The number of anilines is 1. The maximum Gasteiger partial charge on any atom is 0.255 e. The van der Waals surface area contributed by atoms with E-state index in [-0.39, 0.29) is 17.7 Å². The Morgan fingerprint density at radius 3 is 2.48 bits per heavy atom. The van der Waals surface area contributed by atoms with E-state index in [0.29, 0.717) is 17.8 Å². The Morgan fingerprint density at radius 2 is 1.78 bits per heavy atom. The molecule has 1 aromatic heterocycles. The number of nitrogens with one attached hydrogen (secondary N) is 3. The number of aromatic amines is 1. The summed E-state index contributed by atoms with van der Waals surface area (Å²) in [7, 11) is 0. The summed E-state index contributed by atoms with van der Waals surface area (Å²) in [5.74, 6) is 0.0795. The van der Waals surface area contributed by atoms with Crippen LogP contribution in [0.4, 0.5) is 5.69 Å². The molecule has 1 heterocycles. The fraction of sp³-hybridized carbons (Fsp3) is 0.190. The van der Waals surface area contributed by atoms with Crippen molar-refractivity contribution in [3.8, 4) is 11.3 Å². The Balaban J connectivity index is 1.37. The van der Waals surface area contributed by atoms with Gasteiger partial charge in [0.2, 0.25) is 5.91 Å². The molecule has 1 aliphatic carbocycles. The van der Waals surface area contributed by atoms with Crippen LogP contribution in [0.5, 0.6) is 0 Å². The molecular formula is C21H20N4O2. The number of H-pyrrole nitrogens is 1. The van der Waals surface area contributed by atoms with Gasteiger partial charge in [-0.2, -0.15) is 5.10 Å². The molecule has 1 aliphatic rings. The molecule has 0 spiro atoms. The van der Waals surface area contributed by atoms with Gasteiger partial charge in [0.25, 0.3) is 5.91 Å². The molecule has 2 aromatic carbocycles. The highest BCUT2D eigenvalue weighted by atomic mass is 16.2. The molecule has 3 N–H and O–H groups in total. The normalized spacial score (nSPS) is 13.2. The molecule has 136 valence electrons. The maximum absolute atomic E-state index is 12.5. The van der Waals surface area contributed by atoms with Gasteiger partial charge in [-0.15, -0.1) is 0 Å². The van der Waals surface area contributed by atoms with E-state index < -0.39 is 0 Å². The minimum Gasteiger partial charge on any atom is -0.348 e. The zero-order valence-corrected chi connectivity index (χ0v) is 14.7. The van der Waals surface area contributed by atoms with Crippen molar-refractivity contribution in [3.05, 3.63) is 71.9 Å². The highest BCUT2D eigenvalue weighted by Crippen LogP contribution is 2.30. The van der Waals surface area contributed by atoms with Crippen molar-refractivity contribution >= 4 is 17.5 Å². The third kappa shape index (κ3) is 4.06. The van der Waals surface area contributed by atoms with Gasteiger partial charge in [-0.05, 0) is 30.5 Å². The monoisotopic (exact) mass is 360 g/mol. The first-order valence-corrected chi connectivity index (χ1v) is 8.97. The Hall–Kier alpha value is -3.41. The van der Waals surface area contributed by atoms with Crippen LogP contribution in [0.1, 0.15) is 28.8 Å². The first-order chi connectivity index (χ1) is 13.2. The number of nitrogens with zero attached hydrogens (tertiary/aromatic N) is 1. The van der Waals surface area contributed by atoms with E-state index in [2.05, 4.69) is 20.8 Å². The molecule has 1 saturated carbocycles. The number of rotatable bonds is 6. The van der Waals surface area contributed by atoms with Gasteiger partial charge >= 0.3 is 0 Å². The molecule has 0 saturated heterocycles. The van der Waals surface area contributed by atoms with Gasteiger partial charge in [-0.25, -0.2) is 0 Å². The highest BCUT2D eigenvalue weighted by molar-refractivity contribution is 5.99. The van der Waals surface area contributed by atoms with Crippen LogP contribution in [0, 0.1) is 5.92 Å². The van der Waals surface area contributed by atoms with E-state index in [9.17, 15) is 9.59 Å². The number of hydrogen-bond donors (Lipinski definition) is 3. The molecule has 0 unspecified atom stereocenters. The van der Waals surface area contributed by atoms with Crippen molar-refractivity contribution < 1.29 is 9.59 Å². The summed E-state index contributed by atoms with van der Waals surface area (Å²) in [4.78, 5) is 24.3. The lowest BCUT2D eigenvalue weighted by Crippen LogP contribution is -2.23. The zero-order valence-electron chi connectivity index (χ0n) is 14.7. The van der Waals surface area contributed by atoms with Gasteiger partial charge < -0.3 is 10.6 Å². The summed E-state index contributed by atoms with van der Waals surface area (Å²) in [5, 5.41) is 12.7. The van der Waals surface area contributed by atoms with Crippen LogP contribution in [0.2, 0.25) is 0 Å². The second kappa shape index (κ2) is 7.45. The SMILES string of the molecule is O=C(NCc1ccc(NC(=O)C2CC2)cc1)c1cn[nH]c1-c1ccccc1. The minimum absolute atomic E-state index is 0.0875. The Morgan fingerprint density at radius 1 is 1.04 bits per heavy atom. The predicted octanol–water partition coefficient (Wildman–Crippen LogP) is 3.36. The van der Waals surface area contributed by atoms with Crippen LogP contribution >= 0.6 is 0 Å². The topological polar surface area (TPSA) is 86.9 Å². The molecule has 4 rings (SSSR count). The van der Waals surface area contributed by atoms with Crippen molar-refractivity contribution in [2.45, 2.75) is 19.4 Å². The van der Waals surface area contributed by atoms with Crippen LogP contribution < -0.4 is 10.6 Å². The fourth-order valence-electron chi connectivity index (χ4n) is 2.86. The van der Waals surface area contributed by atoms with Crippen molar-refractivity contribution in [2.75, 3.05) is 5.32 Å². The number of hydrogen-bond acceptors (Lipinski definition) is 3. The minimum atomic E-state index is -0.186. The van der Waals surface area contributed by atoms with E-state index in [0.717, 1.165) is 29.7 Å². The predicted molar refractivity (Wildman–Crippen MR) is 103 cm³/mol. The molecule has 2 amide bonds. The number of carbonyl (C=O) groups is 2. The molecule has 1 fully saturated rings. The fourth-order valence-corrected chi connectivity index (χ4v) is 2.86. The van der Waals surface area contributed by atoms with Crippen molar-refractivity contribution in [1.82, 2.24) is 15.5 Å². The van der Waals surface area contributed by atoms with Crippen LogP contribution in [-0.4, -0.2) is 22.0 Å². The first-order valence-electron chi connectivity index (χ1n) is 8.97. The third-order valence-electron chi connectivity index (χ3n) is 4.57. The number of carbonyl (C=O) groups excluding carboxylic acids is 2. The first kappa shape index (κ1) is 17.0. The van der Waals surface area contributed by atoms with Crippen molar-refractivity contribution in [1.29, 1.82) is 0 Å². The van der Waals surface area contributed by atoms with Crippen LogP contribution in [0.3, 0.4) is 0 Å². The van der Waals surface area contributed by atoms with Crippen LogP contribution in [0.15, 0.2) is 60.8 Å². The van der Waals surface area contributed by atoms with E-state index in [1.807, 2.05) is 54.6 Å². The largest absolute Gasteiger partial charge is 0.348 e. The number of benzene rings is 2. The quantitative estimate of drug-likeness (QED) is 0.630. The van der Waals surface area contributed by atoms with Gasteiger partial charge in [0.1, 0.15) is 0 Å². The van der Waals surface area contributed by atoms with E-state index >= 15 is 0 Å². The molecule has 3 aromatic rings. The molecule has 6 nitrogen and oxygen atoms in total. The molecule has 0 atom stereocenters. The molecule has 6 heteroatoms. The van der Waals surface area contributed by atoms with Gasteiger partial charge in [-0.3, -0.25) is 14.7 Å². The molecule has 0 radical (unpaired) electrons. The lowest BCUT2D eigenvalue weighted by molar-refractivity contribution is -0.117. The summed E-state index contributed by atoms with van der Waals surface area (Å²) in [5.41, 5.74) is 3.86. The molecule has 0 aliphatic heterocycles. The summed E-state index contributed by atoms with van der Waals surface area (Å²) in [6.45, 7) is 0.398. The Labute approximate surface area is 157 Å². The van der Waals surface area contributed by atoms with E-state index in [4.69, 9.17) is 0 Å². The second-order valence-electron chi connectivity index (χ2n) is 6.67. The summed E-state index contributed by atoms with van der Waals surface area (Å²) in [6, 6.07) is 17.1. The maximum atomic E-state index is 12.5. The van der Waals surface area contributed by atoms with Crippen LogP contribution in [0.25, 0.3) is 11.3 Å². The standard InChI is InChI=1S/C21H20N4O2/c26-20(16-8-9-16)24-17-10-6-14(7-11-17)12-22-21(27)18-13-23-25-19(18)15-4-2-1-3-5-15/h1-7,10-11,13,16H,8-9,12H2,(H,22,27)(H,23,25)(H,24,26). The molecular weight excluding hydrogens is 340 g/mol. The lowest BCUT2D eigenvalue weighted by atomic mass is 10.1. The van der Waals surface area contributed by atoms with Gasteiger partial charge in [0.15, 0.2) is 0 Å². The van der Waals surface area contributed by atoms with E-state index in [1.165, 1.54) is 6.20 Å². The summed E-state index contributed by atoms with van der Waals surface area (Å²) >= 11 is 0. The van der Waals surface area contributed by atoms with Crippen molar-refractivity contribution in [2.24, 2.45) is 5.92 Å². The second-order valence-corrected chi connectivity index (χ2v) is 6.67. The van der Waals surface area contributed by atoms with Crippen LogP contribution in [-0.2, 0) is 11.3 Å². The number of amides is 2. The summed E-state index contributed by atoms with van der Waals surface area (Å²) < 4.78 is 0. The third-order valence-corrected chi connectivity index (χ3v) is 4.57. The van der Waals surface area contributed by atoms with E-state index in [1.54, 1.807) is 0 Å². The van der Waals surface area contributed by atoms with Crippen molar-refractivity contribution in [3.63, 3.8) is 0 Å². The lowest BCUT2D eigenvalue weighted by Gasteiger charge is -2.08. The smallest absolute Gasteiger partial charge is 0.255 e. The summed E-state index contributed by atoms with van der Waals surface area (Å²) in [6.07, 6.45) is 3.50. The average Bonchev–Trinajstić information content (AvgIpc) is 3.44. The molecule has 0 bridgehead atoms.